The molecule has 2 aromatic rings. The number of rotatable bonds is 5. The topological polar surface area (TPSA) is 54.3 Å². The largest absolute Gasteiger partial charge is 0.352 e. The van der Waals surface area contributed by atoms with Crippen molar-refractivity contribution in [2.75, 3.05) is 19.6 Å². The van der Waals surface area contributed by atoms with Crippen LogP contribution < -0.4 is 10.9 Å². The van der Waals surface area contributed by atoms with E-state index >= 15 is 0 Å². The summed E-state index contributed by atoms with van der Waals surface area (Å²) in [5.74, 6) is 0.287. The van der Waals surface area contributed by atoms with Gasteiger partial charge in [-0.1, -0.05) is 24.3 Å². The van der Waals surface area contributed by atoms with Crippen molar-refractivity contribution in [3.8, 4) is 0 Å². The number of amides is 1. The van der Waals surface area contributed by atoms with Crippen LogP contribution in [-0.2, 0) is 13.6 Å². The van der Waals surface area contributed by atoms with Gasteiger partial charge in [0.2, 0.25) is 0 Å². The molecule has 1 amide bonds. The summed E-state index contributed by atoms with van der Waals surface area (Å²) < 4.78 is 1.46. The lowest BCUT2D eigenvalue weighted by Crippen LogP contribution is -2.32. The quantitative estimate of drug-likeness (QED) is 0.906. The minimum Gasteiger partial charge on any atom is -0.352 e. The Kier molecular flexibility index (Phi) is 5.34. The fourth-order valence-corrected chi connectivity index (χ4v) is 3.28. The van der Waals surface area contributed by atoms with Crippen molar-refractivity contribution >= 4 is 5.91 Å². The van der Waals surface area contributed by atoms with Gasteiger partial charge in [0.1, 0.15) is 0 Å². The second kappa shape index (κ2) is 7.66. The standard InChI is InChI=1S/C20H25N3O2/c1-15-5-3-4-6-18(15)14-23-10-7-16(13-23)12-21-20(25)17-8-9-22(2)19(24)11-17/h3-6,8-9,11,16H,7,10,12-14H2,1-2H3,(H,21,25). The van der Waals surface area contributed by atoms with Crippen LogP contribution in [-0.4, -0.2) is 35.0 Å². The number of likely N-dealkylation sites (tertiary alicyclic amines) is 1. The number of hydrogen-bond donors (Lipinski definition) is 1. The SMILES string of the molecule is Cc1ccccc1CN1CCC(CNC(=O)c2ccn(C)c(=O)c2)C1. The fraction of sp³-hybridized carbons (Fsp3) is 0.400. The highest BCUT2D eigenvalue weighted by molar-refractivity contribution is 5.93. The van der Waals surface area contributed by atoms with Gasteiger partial charge in [-0.2, -0.15) is 0 Å². The number of aryl methyl sites for hydroxylation is 2. The van der Waals surface area contributed by atoms with Gasteiger partial charge in [0.25, 0.3) is 11.5 Å². The first-order valence-electron chi connectivity index (χ1n) is 8.74. The monoisotopic (exact) mass is 339 g/mol. The Morgan fingerprint density at radius 2 is 2.08 bits per heavy atom. The number of nitrogens with one attached hydrogen (secondary N) is 1. The van der Waals surface area contributed by atoms with Gasteiger partial charge >= 0.3 is 0 Å². The maximum Gasteiger partial charge on any atom is 0.251 e. The van der Waals surface area contributed by atoms with Gasteiger partial charge in [-0.3, -0.25) is 14.5 Å². The maximum absolute atomic E-state index is 12.2. The smallest absolute Gasteiger partial charge is 0.251 e. The van der Waals surface area contributed by atoms with E-state index in [9.17, 15) is 9.59 Å². The molecule has 0 aliphatic carbocycles. The number of pyridine rings is 1. The summed E-state index contributed by atoms with van der Waals surface area (Å²) in [5, 5.41) is 2.97. The predicted molar refractivity (Wildman–Crippen MR) is 98.6 cm³/mol. The minimum atomic E-state index is -0.171. The number of carbonyl (C=O) groups is 1. The lowest BCUT2D eigenvalue weighted by molar-refractivity contribution is 0.0947. The van der Waals surface area contributed by atoms with E-state index < -0.39 is 0 Å². The molecule has 1 saturated heterocycles. The zero-order valence-electron chi connectivity index (χ0n) is 14.9. The zero-order valence-corrected chi connectivity index (χ0v) is 14.9. The van der Waals surface area contributed by atoms with Crippen molar-refractivity contribution in [2.24, 2.45) is 13.0 Å². The molecule has 0 radical (unpaired) electrons. The first-order chi connectivity index (χ1) is 12.0. The molecule has 0 spiro atoms. The van der Waals surface area contributed by atoms with Crippen LogP contribution in [0.25, 0.3) is 0 Å². The lowest BCUT2D eigenvalue weighted by atomic mass is 10.1. The molecule has 2 heterocycles. The van der Waals surface area contributed by atoms with Crippen molar-refractivity contribution < 1.29 is 4.79 Å². The number of carbonyl (C=O) groups excluding carboxylic acids is 1. The molecule has 25 heavy (non-hydrogen) atoms. The van der Waals surface area contributed by atoms with Crippen molar-refractivity contribution in [3.63, 3.8) is 0 Å². The summed E-state index contributed by atoms with van der Waals surface area (Å²) in [6, 6.07) is 11.5. The lowest BCUT2D eigenvalue weighted by Gasteiger charge is -2.17. The molecule has 1 unspecified atom stereocenters. The third-order valence-electron chi connectivity index (χ3n) is 4.94. The average Bonchev–Trinajstić information content (AvgIpc) is 3.05. The predicted octanol–water partition coefficient (Wildman–Crippen LogP) is 1.95. The molecule has 1 aromatic carbocycles. The Morgan fingerprint density at radius 3 is 2.84 bits per heavy atom. The van der Waals surface area contributed by atoms with Gasteiger partial charge in [0.15, 0.2) is 0 Å². The van der Waals surface area contributed by atoms with E-state index in [1.165, 1.54) is 21.8 Å². The van der Waals surface area contributed by atoms with Crippen LogP contribution in [0.2, 0.25) is 0 Å². The number of aromatic nitrogens is 1. The van der Waals surface area contributed by atoms with E-state index in [4.69, 9.17) is 0 Å². The molecule has 1 fully saturated rings. The van der Waals surface area contributed by atoms with E-state index in [-0.39, 0.29) is 11.5 Å². The number of nitrogens with zero attached hydrogens (tertiary/aromatic N) is 2. The first-order valence-corrected chi connectivity index (χ1v) is 8.74. The summed E-state index contributed by atoms with van der Waals surface area (Å²) in [6.07, 6.45) is 2.71. The van der Waals surface area contributed by atoms with Crippen molar-refractivity contribution in [2.45, 2.75) is 19.9 Å². The normalized spacial score (nSPS) is 17.6. The Bertz CT molecular complexity index is 813. The van der Waals surface area contributed by atoms with Gasteiger partial charge in [-0.05, 0) is 43.0 Å². The molecule has 5 heteroatoms. The van der Waals surface area contributed by atoms with Crippen LogP contribution in [0.1, 0.15) is 27.9 Å². The van der Waals surface area contributed by atoms with Crippen LogP contribution in [0, 0.1) is 12.8 Å². The first kappa shape index (κ1) is 17.4. The molecular weight excluding hydrogens is 314 g/mol. The van der Waals surface area contributed by atoms with Gasteiger partial charge in [-0.15, -0.1) is 0 Å². The van der Waals surface area contributed by atoms with Gasteiger partial charge in [0.05, 0.1) is 0 Å². The average molecular weight is 339 g/mol. The zero-order chi connectivity index (χ0) is 17.8. The van der Waals surface area contributed by atoms with Crippen LogP contribution in [0.4, 0.5) is 0 Å². The van der Waals surface area contributed by atoms with Crippen LogP contribution >= 0.6 is 0 Å². The van der Waals surface area contributed by atoms with Crippen molar-refractivity contribution in [1.82, 2.24) is 14.8 Å². The molecule has 1 aromatic heterocycles. The van der Waals surface area contributed by atoms with E-state index in [0.717, 1.165) is 26.1 Å². The molecule has 1 aliphatic heterocycles. The third kappa shape index (κ3) is 4.37. The summed E-state index contributed by atoms with van der Waals surface area (Å²) in [6.45, 7) is 5.81. The maximum atomic E-state index is 12.2. The highest BCUT2D eigenvalue weighted by atomic mass is 16.2. The van der Waals surface area contributed by atoms with Crippen LogP contribution in [0.5, 0.6) is 0 Å². The van der Waals surface area contributed by atoms with E-state index in [1.807, 2.05) is 0 Å². The molecular formula is C20H25N3O2. The molecule has 1 aliphatic rings. The highest BCUT2D eigenvalue weighted by Gasteiger charge is 2.23. The number of hydrogen-bond acceptors (Lipinski definition) is 3. The Morgan fingerprint density at radius 1 is 1.28 bits per heavy atom. The summed E-state index contributed by atoms with van der Waals surface area (Å²) in [7, 11) is 1.67. The van der Waals surface area contributed by atoms with Crippen molar-refractivity contribution in [1.29, 1.82) is 0 Å². The molecule has 5 nitrogen and oxygen atoms in total. The molecule has 1 N–H and O–H groups in total. The third-order valence-corrected chi connectivity index (χ3v) is 4.94. The van der Waals surface area contributed by atoms with Gasteiger partial charge < -0.3 is 9.88 Å². The molecule has 1 atom stereocenters. The van der Waals surface area contributed by atoms with Gasteiger partial charge in [-0.25, -0.2) is 0 Å². The van der Waals surface area contributed by atoms with Crippen molar-refractivity contribution in [3.05, 3.63) is 69.6 Å². The van der Waals surface area contributed by atoms with E-state index in [1.54, 1.807) is 19.3 Å². The second-order valence-corrected chi connectivity index (χ2v) is 6.89. The molecule has 132 valence electrons. The van der Waals surface area contributed by atoms with Crippen LogP contribution in [0.3, 0.4) is 0 Å². The highest BCUT2D eigenvalue weighted by Crippen LogP contribution is 2.19. The van der Waals surface area contributed by atoms with Gasteiger partial charge in [0, 0.05) is 44.5 Å². The minimum absolute atomic E-state index is 0.169. The number of benzene rings is 1. The fourth-order valence-electron chi connectivity index (χ4n) is 3.28. The van der Waals surface area contributed by atoms with E-state index in [2.05, 4.69) is 41.4 Å². The second-order valence-electron chi connectivity index (χ2n) is 6.89. The summed E-state index contributed by atoms with van der Waals surface area (Å²) >= 11 is 0. The molecule has 0 bridgehead atoms. The Balaban J connectivity index is 1.50. The Labute approximate surface area is 148 Å². The molecule has 3 rings (SSSR count). The van der Waals surface area contributed by atoms with E-state index in [0.29, 0.717) is 18.0 Å². The summed E-state index contributed by atoms with van der Waals surface area (Å²) in [4.78, 5) is 26.3. The Hall–Kier alpha value is -2.40. The van der Waals surface area contributed by atoms with Crippen LogP contribution in [0.15, 0.2) is 47.4 Å². The molecule has 0 saturated carbocycles. The summed E-state index contributed by atoms with van der Waals surface area (Å²) in [5.41, 5.74) is 2.95.